The molecule has 0 atom stereocenters. The first-order chi connectivity index (χ1) is 8.42. The van der Waals surface area contributed by atoms with Crippen molar-refractivity contribution >= 4 is 11.6 Å². The van der Waals surface area contributed by atoms with Gasteiger partial charge in [0, 0.05) is 0 Å². The van der Waals surface area contributed by atoms with Crippen molar-refractivity contribution in [2.24, 2.45) is 0 Å². The number of para-hydroxylation sites is 2. The number of hydrogen-bond donors (Lipinski definition) is 1. The fraction of sp³-hybridized carbons (Fsp3) is 0.273. The Morgan fingerprint density at radius 3 is 2.67 bits per heavy atom. The predicted molar refractivity (Wildman–Crippen MR) is 56.9 cm³/mol. The van der Waals surface area contributed by atoms with E-state index in [0.717, 1.165) is 0 Å². The molecule has 4 nitrogen and oxygen atoms in total. The Hall–Kier alpha value is -2.23. The fourth-order valence-corrected chi connectivity index (χ4v) is 1.12. The normalized spacial score (nSPS) is 10.6. The summed E-state index contributed by atoms with van der Waals surface area (Å²) in [4.78, 5) is 11.2. The summed E-state index contributed by atoms with van der Waals surface area (Å²) < 4.78 is 40.6. The molecule has 1 aromatic carbocycles. The van der Waals surface area contributed by atoms with Crippen LogP contribution in [0.3, 0.4) is 0 Å². The predicted octanol–water partition coefficient (Wildman–Crippen LogP) is 2.48. The molecule has 0 aliphatic heterocycles. The largest absolute Gasteiger partial charge is 0.482 e. The average molecular weight is 258 g/mol. The number of ether oxygens (including phenoxy) is 1. The minimum absolute atomic E-state index is 0.0962. The van der Waals surface area contributed by atoms with Crippen molar-refractivity contribution in [2.75, 3.05) is 11.9 Å². The highest BCUT2D eigenvalue weighted by molar-refractivity contribution is 5.93. The van der Waals surface area contributed by atoms with Gasteiger partial charge in [-0.15, -0.1) is 0 Å². The van der Waals surface area contributed by atoms with Gasteiger partial charge in [-0.05, 0) is 12.1 Å². The van der Waals surface area contributed by atoms with Crippen LogP contribution in [0.5, 0.6) is 5.75 Å². The van der Waals surface area contributed by atoms with Crippen LogP contribution in [-0.4, -0.2) is 18.7 Å². The third-order valence-corrected chi connectivity index (χ3v) is 1.79. The standard InChI is InChI=1S/C11H9F3N2O2/c12-11(13,14)7-18-9-4-2-1-3-8(9)16-10(17)5-6-15/h1-4H,5,7H2,(H,16,17). The summed E-state index contributed by atoms with van der Waals surface area (Å²) in [5.41, 5.74) is 0.0991. The summed E-state index contributed by atoms with van der Waals surface area (Å²) in [7, 11) is 0. The second-order valence-corrected chi connectivity index (χ2v) is 3.28. The van der Waals surface area contributed by atoms with Crippen molar-refractivity contribution in [3.8, 4) is 11.8 Å². The van der Waals surface area contributed by atoms with Crippen molar-refractivity contribution in [3.05, 3.63) is 24.3 Å². The lowest BCUT2D eigenvalue weighted by Gasteiger charge is -2.13. The SMILES string of the molecule is N#CCC(=O)Nc1ccccc1OCC(F)(F)F. The van der Waals surface area contributed by atoms with Crippen molar-refractivity contribution in [1.29, 1.82) is 5.26 Å². The van der Waals surface area contributed by atoms with Gasteiger partial charge in [0.1, 0.15) is 12.2 Å². The third-order valence-electron chi connectivity index (χ3n) is 1.79. The van der Waals surface area contributed by atoms with Gasteiger partial charge in [0.05, 0.1) is 11.8 Å². The van der Waals surface area contributed by atoms with Gasteiger partial charge in [-0.1, -0.05) is 12.1 Å². The van der Waals surface area contributed by atoms with Gasteiger partial charge < -0.3 is 10.1 Å². The molecule has 0 bridgehead atoms. The molecule has 0 unspecified atom stereocenters. The van der Waals surface area contributed by atoms with E-state index >= 15 is 0 Å². The Labute approximate surface area is 101 Å². The van der Waals surface area contributed by atoms with Gasteiger partial charge in [-0.3, -0.25) is 4.79 Å². The first-order valence-electron chi connectivity index (χ1n) is 4.88. The molecule has 0 heterocycles. The van der Waals surface area contributed by atoms with Crippen molar-refractivity contribution < 1.29 is 22.7 Å². The molecule has 96 valence electrons. The number of nitrogens with zero attached hydrogens (tertiary/aromatic N) is 1. The van der Waals surface area contributed by atoms with Crippen LogP contribution in [0.1, 0.15) is 6.42 Å². The third kappa shape index (κ3) is 4.74. The van der Waals surface area contributed by atoms with Crippen LogP contribution in [0.4, 0.5) is 18.9 Å². The smallest absolute Gasteiger partial charge is 0.422 e. The summed E-state index contributed by atoms with van der Waals surface area (Å²) >= 11 is 0. The Balaban J connectivity index is 2.74. The topological polar surface area (TPSA) is 62.1 Å². The van der Waals surface area contributed by atoms with Crippen LogP contribution in [0, 0.1) is 11.3 Å². The molecule has 18 heavy (non-hydrogen) atoms. The number of hydrogen-bond acceptors (Lipinski definition) is 3. The van der Waals surface area contributed by atoms with Crippen LogP contribution in [-0.2, 0) is 4.79 Å². The molecule has 0 saturated carbocycles. The Kier molecular flexibility index (Phi) is 4.54. The van der Waals surface area contributed by atoms with E-state index in [0.29, 0.717) is 0 Å². The zero-order valence-electron chi connectivity index (χ0n) is 9.12. The van der Waals surface area contributed by atoms with E-state index in [1.165, 1.54) is 24.3 Å². The van der Waals surface area contributed by atoms with Gasteiger partial charge in [0.15, 0.2) is 6.61 Å². The van der Waals surface area contributed by atoms with E-state index in [1.54, 1.807) is 6.07 Å². The van der Waals surface area contributed by atoms with E-state index in [1.807, 2.05) is 0 Å². The number of carbonyl (C=O) groups is 1. The number of nitriles is 1. The Morgan fingerprint density at radius 1 is 1.39 bits per heavy atom. The molecule has 0 saturated heterocycles. The van der Waals surface area contributed by atoms with Gasteiger partial charge in [0.25, 0.3) is 0 Å². The van der Waals surface area contributed by atoms with Crippen LogP contribution in [0.2, 0.25) is 0 Å². The van der Waals surface area contributed by atoms with Crippen LogP contribution < -0.4 is 10.1 Å². The second-order valence-electron chi connectivity index (χ2n) is 3.28. The van der Waals surface area contributed by atoms with Gasteiger partial charge >= 0.3 is 6.18 Å². The van der Waals surface area contributed by atoms with Crippen LogP contribution >= 0.6 is 0 Å². The quantitative estimate of drug-likeness (QED) is 0.902. The molecular weight excluding hydrogens is 249 g/mol. The number of carbonyl (C=O) groups excluding carboxylic acids is 1. The number of benzene rings is 1. The first kappa shape index (κ1) is 13.8. The zero-order chi connectivity index (χ0) is 13.6. The van der Waals surface area contributed by atoms with Crippen molar-refractivity contribution in [3.63, 3.8) is 0 Å². The molecule has 0 aliphatic carbocycles. The highest BCUT2D eigenvalue weighted by Gasteiger charge is 2.28. The zero-order valence-corrected chi connectivity index (χ0v) is 9.12. The Bertz CT molecular complexity index is 466. The number of amides is 1. The number of rotatable bonds is 4. The van der Waals surface area contributed by atoms with Gasteiger partial charge in [0.2, 0.25) is 5.91 Å². The lowest BCUT2D eigenvalue weighted by atomic mass is 10.3. The molecule has 0 aliphatic rings. The van der Waals surface area contributed by atoms with E-state index < -0.39 is 18.7 Å². The van der Waals surface area contributed by atoms with Crippen LogP contribution in [0.15, 0.2) is 24.3 Å². The minimum Gasteiger partial charge on any atom is -0.482 e. The first-order valence-corrected chi connectivity index (χ1v) is 4.88. The monoisotopic (exact) mass is 258 g/mol. The maximum Gasteiger partial charge on any atom is 0.422 e. The molecule has 1 aromatic rings. The summed E-state index contributed by atoms with van der Waals surface area (Å²) in [5, 5.41) is 10.6. The molecule has 0 aromatic heterocycles. The lowest BCUT2D eigenvalue weighted by Crippen LogP contribution is -2.20. The molecule has 0 radical (unpaired) electrons. The number of anilines is 1. The maximum absolute atomic E-state index is 12.0. The van der Waals surface area contributed by atoms with Gasteiger partial charge in [-0.2, -0.15) is 18.4 Å². The molecule has 0 spiro atoms. The molecular formula is C11H9F3N2O2. The molecule has 1 N–H and O–H groups in total. The number of nitrogens with one attached hydrogen (secondary N) is 1. The number of halogens is 3. The van der Waals surface area contributed by atoms with Crippen molar-refractivity contribution in [2.45, 2.75) is 12.6 Å². The molecule has 1 amide bonds. The minimum atomic E-state index is -4.45. The summed E-state index contributed by atoms with van der Waals surface area (Å²) in [6.45, 7) is -1.45. The highest BCUT2D eigenvalue weighted by atomic mass is 19.4. The summed E-state index contributed by atoms with van der Waals surface area (Å²) in [6, 6.07) is 7.33. The summed E-state index contributed by atoms with van der Waals surface area (Å²) in [5.74, 6) is -0.707. The maximum atomic E-state index is 12.0. The van der Waals surface area contributed by atoms with Crippen molar-refractivity contribution in [1.82, 2.24) is 0 Å². The average Bonchev–Trinajstić information content (AvgIpc) is 2.27. The second kappa shape index (κ2) is 5.91. The lowest BCUT2D eigenvalue weighted by molar-refractivity contribution is -0.153. The van der Waals surface area contributed by atoms with E-state index in [4.69, 9.17) is 5.26 Å². The highest BCUT2D eigenvalue weighted by Crippen LogP contribution is 2.26. The summed E-state index contributed by atoms with van der Waals surface area (Å²) in [6.07, 6.45) is -4.84. The van der Waals surface area contributed by atoms with E-state index in [2.05, 4.69) is 10.1 Å². The van der Waals surface area contributed by atoms with E-state index in [9.17, 15) is 18.0 Å². The number of alkyl halides is 3. The Morgan fingerprint density at radius 2 is 2.06 bits per heavy atom. The molecule has 7 heteroatoms. The fourth-order valence-electron chi connectivity index (χ4n) is 1.12. The molecule has 0 fully saturated rings. The molecule has 1 rings (SSSR count). The van der Waals surface area contributed by atoms with E-state index in [-0.39, 0.29) is 17.9 Å². The van der Waals surface area contributed by atoms with Crippen LogP contribution in [0.25, 0.3) is 0 Å². The van der Waals surface area contributed by atoms with Gasteiger partial charge in [-0.25, -0.2) is 0 Å².